The number of nitrogens with one attached hydrogen (secondary N) is 2. The molecule has 1 aromatic carbocycles. The molecule has 0 spiro atoms. The molecule has 1 atom stereocenters. The molecule has 1 unspecified atom stereocenters. The zero-order chi connectivity index (χ0) is 19.4. The van der Waals surface area contributed by atoms with E-state index in [0.29, 0.717) is 6.04 Å². The smallest absolute Gasteiger partial charge is 0.191 e. The van der Waals surface area contributed by atoms with E-state index in [1.54, 1.807) is 0 Å². The molecule has 0 saturated carbocycles. The van der Waals surface area contributed by atoms with Crippen molar-refractivity contribution in [1.82, 2.24) is 20.4 Å². The molecular weight excluding hydrogens is 531 g/mol. The molecule has 2 aromatic rings. The van der Waals surface area contributed by atoms with E-state index in [1.807, 2.05) is 18.8 Å². The molecule has 2 heterocycles. The summed E-state index contributed by atoms with van der Waals surface area (Å²) in [4.78, 5) is 6.81. The van der Waals surface area contributed by atoms with Crippen molar-refractivity contribution < 1.29 is 0 Å². The number of nitrogens with zero attached hydrogens (tertiary/aromatic N) is 4. The normalized spacial score (nSPS) is 16.8. The molecule has 1 aliphatic rings. The number of aliphatic imine (C=N–C) groups is 1. The number of benzene rings is 1. The highest BCUT2D eigenvalue weighted by Gasteiger charge is 2.23. The standard InChI is InChI=1S/C20H29BrN6.HI/c1-14-19(15(2)26(4)25-14)9-11-23-20(22-3)24-17-10-12-27(13-17)18-7-5-16(21)6-8-18;/h5-8,17H,9-13H2,1-4H3,(H2,22,23,24);1H. The van der Waals surface area contributed by atoms with E-state index in [4.69, 9.17) is 0 Å². The minimum Gasteiger partial charge on any atom is -0.369 e. The summed E-state index contributed by atoms with van der Waals surface area (Å²) >= 11 is 3.50. The number of aryl methyl sites for hydroxylation is 2. The Morgan fingerprint density at radius 3 is 2.61 bits per heavy atom. The van der Waals surface area contributed by atoms with Crippen molar-refractivity contribution in [2.45, 2.75) is 32.7 Å². The minimum absolute atomic E-state index is 0. The van der Waals surface area contributed by atoms with Gasteiger partial charge in [0.1, 0.15) is 0 Å². The fourth-order valence-corrected chi connectivity index (χ4v) is 3.90. The molecule has 6 nitrogen and oxygen atoms in total. The lowest BCUT2D eigenvalue weighted by molar-refractivity contribution is 0.648. The van der Waals surface area contributed by atoms with Gasteiger partial charge in [0.05, 0.1) is 5.69 Å². The van der Waals surface area contributed by atoms with Crippen molar-refractivity contribution in [2.75, 3.05) is 31.6 Å². The minimum atomic E-state index is 0. The van der Waals surface area contributed by atoms with E-state index in [0.717, 1.165) is 48.6 Å². The van der Waals surface area contributed by atoms with Crippen LogP contribution in [0.1, 0.15) is 23.4 Å². The van der Waals surface area contributed by atoms with Gasteiger partial charge in [-0.05, 0) is 56.5 Å². The molecule has 3 rings (SSSR count). The van der Waals surface area contributed by atoms with Crippen LogP contribution in [0.25, 0.3) is 0 Å². The first-order valence-electron chi connectivity index (χ1n) is 9.44. The van der Waals surface area contributed by atoms with Crippen LogP contribution in [0, 0.1) is 13.8 Å². The lowest BCUT2D eigenvalue weighted by atomic mass is 10.1. The molecule has 0 radical (unpaired) electrons. The molecule has 0 bridgehead atoms. The molecule has 1 fully saturated rings. The summed E-state index contributed by atoms with van der Waals surface area (Å²) < 4.78 is 3.07. The van der Waals surface area contributed by atoms with E-state index in [-0.39, 0.29) is 24.0 Å². The largest absolute Gasteiger partial charge is 0.369 e. The van der Waals surface area contributed by atoms with E-state index < -0.39 is 0 Å². The summed E-state index contributed by atoms with van der Waals surface area (Å²) in [6, 6.07) is 8.93. The van der Waals surface area contributed by atoms with Crippen molar-refractivity contribution in [3.63, 3.8) is 0 Å². The van der Waals surface area contributed by atoms with Crippen LogP contribution in [0.15, 0.2) is 33.7 Å². The Hall–Kier alpha value is -1.29. The number of hydrogen-bond acceptors (Lipinski definition) is 3. The second-order valence-corrected chi connectivity index (χ2v) is 7.99. The highest BCUT2D eigenvalue weighted by atomic mass is 127. The van der Waals surface area contributed by atoms with Gasteiger partial charge in [-0.3, -0.25) is 9.67 Å². The number of rotatable bonds is 5. The molecule has 2 N–H and O–H groups in total. The van der Waals surface area contributed by atoms with Gasteiger partial charge < -0.3 is 15.5 Å². The zero-order valence-corrected chi connectivity index (χ0v) is 20.9. The SMILES string of the molecule is CN=C(NCCc1c(C)nn(C)c1C)NC1CCN(c2ccc(Br)cc2)C1.I. The average Bonchev–Trinajstić information content (AvgIpc) is 3.21. The van der Waals surface area contributed by atoms with Crippen LogP contribution >= 0.6 is 39.9 Å². The first kappa shape index (κ1) is 23.0. The van der Waals surface area contributed by atoms with Gasteiger partial charge in [-0.2, -0.15) is 5.10 Å². The summed E-state index contributed by atoms with van der Waals surface area (Å²) in [7, 11) is 3.83. The van der Waals surface area contributed by atoms with Gasteiger partial charge in [0, 0.05) is 55.6 Å². The summed E-state index contributed by atoms with van der Waals surface area (Å²) in [5, 5.41) is 11.5. The molecule has 8 heteroatoms. The molecule has 0 aliphatic carbocycles. The maximum absolute atomic E-state index is 4.49. The Morgan fingerprint density at radius 1 is 1.29 bits per heavy atom. The molecule has 1 aliphatic heterocycles. The maximum atomic E-state index is 4.49. The predicted octanol–water partition coefficient (Wildman–Crippen LogP) is 3.40. The summed E-state index contributed by atoms with van der Waals surface area (Å²) in [5.41, 5.74) is 4.94. The molecular formula is C20H30BrIN6. The second-order valence-electron chi connectivity index (χ2n) is 7.07. The molecule has 28 heavy (non-hydrogen) atoms. The first-order valence-corrected chi connectivity index (χ1v) is 10.2. The van der Waals surface area contributed by atoms with Crippen molar-refractivity contribution in [1.29, 1.82) is 0 Å². The lowest BCUT2D eigenvalue weighted by Crippen LogP contribution is -2.45. The second kappa shape index (κ2) is 10.5. The van der Waals surface area contributed by atoms with Crippen molar-refractivity contribution in [3.05, 3.63) is 45.7 Å². The summed E-state index contributed by atoms with van der Waals surface area (Å²) in [6.45, 7) is 7.09. The third-order valence-corrected chi connectivity index (χ3v) is 5.80. The zero-order valence-electron chi connectivity index (χ0n) is 17.0. The van der Waals surface area contributed by atoms with Crippen LogP contribution in [0.5, 0.6) is 0 Å². The van der Waals surface area contributed by atoms with Crippen LogP contribution in [0.3, 0.4) is 0 Å². The molecule has 1 aromatic heterocycles. The van der Waals surface area contributed by atoms with Gasteiger partial charge in [0.2, 0.25) is 0 Å². The van der Waals surface area contributed by atoms with Crippen LogP contribution in [-0.2, 0) is 13.5 Å². The van der Waals surface area contributed by atoms with E-state index in [1.165, 1.54) is 16.9 Å². The Morgan fingerprint density at radius 2 is 2.00 bits per heavy atom. The maximum Gasteiger partial charge on any atom is 0.191 e. The summed E-state index contributed by atoms with van der Waals surface area (Å²) in [6.07, 6.45) is 2.06. The third kappa shape index (κ3) is 5.62. The van der Waals surface area contributed by atoms with E-state index >= 15 is 0 Å². The Kier molecular flexibility index (Phi) is 8.60. The predicted molar refractivity (Wildman–Crippen MR) is 131 cm³/mol. The number of halogens is 2. The topological polar surface area (TPSA) is 57.5 Å². The Balaban J connectivity index is 0.00000280. The monoisotopic (exact) mass is 560 g/mol. The highest BCUT2D eigenvalue weighted by molar-refractivity contribution is 14.0. The van der Waals surface area contributed by atoms with Crippen molar-refractivity contribution in [3.8, 4) is 0 Å². The molecule has 0 amide bonds. The van der Waals surface area contributed by atoms with Gasteiger partial charge in [0.15, 0.2) is 5.96 Å². The highest BCUT2D eigenvalue weighted by Crippen LogP contribution is 2.22. The summed E-state index contributed by atoms with van der Waals surface area (Å²) in [5.74, 6) is 0.872. The van der Waals surface area contributed by atoms with Gasteiger partial charge in [-0.15, -0.1) is 24.0 Å². The first-order chi connectivity index (χ1) is 13.0. The van der Waals surface area contributed by atoms with Crippen LogP contribution in [-0.4, -0.2) is 48.5 Å². The number of guanidine groups is 1. The molecule has 1 saturated heterocycles. The van der Waals surface area contributed by atoms with Crippen molar-refractivity contribution in [2.24, 2.45) is 12.0 Å². The van der Waals surface area contributed by atoms with Gasteiger partial charge in [-0.1, -0.05) is 15.9 Å². The number of hydrogen-bond donors (Lipinski definition) is 2. The Labute approximate surface area is 193 Å². The van der Waals surface area contributed by atoms with Gasteiger partial charge in [0.25, 0.3) is 0 Å². The van der Waals surface area contributed by atoms with Gasteiger partial charge in [-0.25, -0.2) is 0 Å². The fraction of sp³-hybridized carbons (Fsp3) is 0.500. The number of anilines is 1. The molecule has 154 valence electrons. The van der Waals surface area contributed by atoms with Crippen molar-refractivity contribution >= 4 is 51.6 Å². The fourth-order valence-electron chi connectivity index (χ4n) is 3.64. The van der Waals surface area contributed by atoms with Crippen LogP contribution < -0.4 is 15.5 Å². The average molecular weight is 561 g/mol. The quantitative estimate of drug-likeness (QED) is 0.334. The third-order valence-electron chi connectivity index (χ3n) is 5.27. The Bertz CT molecular complexity index is 802. The van der Waals surface area contributed by atoms with Crippen LogP contribution in [0.2, 0.25) is 0 Å². The van der Waals surface area contributed by atoms with E-state index in [9.17, 15) is 0 Å². The van der Waals surface area contributed by atoms with E-state index in [2.05, 4.69) is 79.7 Å². The van der Waals surface area contributed by atoms with Crippen LogP contribution in [0.4, 0.5) is 5.69 Å². The number of aromatic nitrogens is 2. The van der Waals surface area contributed by atoms with Gasteiger partial charge >= 0.3 is 0 Å². The lowest BCUT2D eigenvalue weighted by Gasteiger charge is -2.20.